The minimum Gasteiger partial charge on any atom is -0.134 e. The number of hydrogen-bond acceptors (Lipinski definition) is 4. The maximum atomic E-state index is 4.17. The highest BCUT2D eigenvalue weighted by Crippen LogP contribution is 2.49. The van der Waals surface area contributed by atoms with Gasteiger partial charge >= 0.3 is 0 Å². The molecule has 278 valence electrons. The van der Waals surface area contributed by atoms with Gasteiger partial charge in [-0.2, -0.15) is 0 Å². The summed E-state index contributed by atoms with van der Waals surface area (Å²) in [7, 11) is -4.01. The molecule has 0 fully saturated rings. The van der Waals surface area contributed by atoms with Gasteiger partial charge in [-0.1, -0.05) is 131 Å². The maximum absolute atomic E-state index is 4.17. The minimum atomic E-state index is -2.01. The predicted molar refractivity (Wildman–Crippen MR) is 255 cm³/mol. The predicted octanol–water partition coefficient (Wildman–Crippen LogP) is 17.0. The first-order valence-corrected chi connectivity index (χ1v) is 27.5. The summed E-state index contributed by atoms with van der Waals surface area (Å²) in [6.45, 7) is 29.1. The molecule has 0 aliphatic heterocycles. The van der Waals surface area contributed by atoms with Crippen LogP contribution in [0, 0.1) is 22.9 Å². The summed E-state index contributed by atoms with van der Waals surface area (Å²) in [5.41, 5.74) is 14.2. The van der Waals surface area contributed by atoms with Crippen LogP contribution in [-0.4, -0.2) is 16.1 Å². The van der Waals surface area contributed by atoms with Crippen LogP contribution < -0.4 is 0 Å². The minimum absolute atomic E-state index is 0.566. The molecule has 0 unspecified atom stereocenters. The molecule has 4 aromatic heterocycles. The van der Waals surface area contributed by atoms with Gasteiger partial charge in [-0.05, 0) is 80.4 Å². The smallest absolute Gasteiger partial charge is 0.134 e. The van der Waals surface area contributed by atoms with Crippen molar-refractivity contribution in [2.24, 2.45) is 0 Å². The first kappa shape index (κ1) is 39.3. The molecule has 4 heterocycles. The molecule has 7 rings (SSSR count). The van der Waals surface area contributed by atoms with E-state index in [0.717, 1.165) is 0 Å². The molecule has 0 radical (unpaired) electrons. The lowest BCUT2D eigenvalue weighted by Crippen LogP contribution is -2.43. The lowest BCUT2D eigenvalue weighted by molar-refractivity contribution is 0.838. The highest BCUT2D eigenvalue weighted by Gasteiger charge is 2.43. The summed E-state index contributed by atoms with van der Waals surface area (Å²) >= 11 is 7.66. The van der Waals surface area contributed by atoms with Gasteiger partial charge in [-0.25, -0.2) is 0 Å². The first-order valence-electron chi connectivity index (χ1n) is 19.8. The second-order valence-corrected chi connectivity index (χ2v) is 32.5. The molecule has 0 nitrogen and oxygen atoms in total. The molecule has 0 bridgehead atoms. The molecule has 6 heteroatoms. The van der Waals surface area contributed by atoms with Crippen LogP contribution in [0.4, 0.5) is 0 Å². The van der Waals surface area contributed by atoms with Gasteiger partial charge in [-0.3, -0.25) is 0 Å². The topological polar surface area (TPSA) is 0 Å². The highest BCUT2D eigenvalue weighted by atomic mass is 32.1. The zero-order valence-corrected chi connectivity index (χ0v) is 39.3. The van der Waals surface area contributed by atoms with Crippen LogP contribution in [0.15, 0.2) is 72.8 Å². The van der Waals surface area contributed by atoms with E-state index in [1.807, 2.05) is 45.3 Å². The van der Waals surface area contributed by atoms with Crippen molar-refractivity contribution in [1.82, 2.24) is 0 Å². The van der Waals surface area contributed by atoms with Crippen molar-refractivity contribution in [3.8, 4) is 42.4 Å². The van der Waals surface area contributed by atoms with Crippen molar-refractivity contribution in [3.05, 3.63) is 83.9 Å². The molecule has 0 amide bonds. The van der Waals surface area contributed by atoms with Gasteiger partial charge in [-0.15, -0.1) is 56.4 Å². The van der Waals surface area contributed by atoms with Crippen LogP contribution in [0.1, 0.15) is 94.2 Å². The summed E-state index contributed by atoms with van der Waals surface area (Å²) in [5, 5.41) is 5.19. The lowest BCUT2D eigenvalue weighted by atomic mass is 10.0. The van der Waals surface area contributed by atoms with E-state index in [4.69, 9.17) is 0 Å². The molecule has 0 aliphatic rings. The number of thiophene rings is 4. The number of hydrogen-bond donors (Lipinski definition) is 0. The standard InChI is InChI=1S/C48H54S4Si2/c1-29(2)53(30(3)4,31(5)6)23-21-37-39-27-45(43-25-35-17-13-15-19-41(35)49-43)52-48(39)38(22-24-54(32(7)8,33(9)10)34(11)12)40-28-46(51-47(37)40)44-26-36-18-14-16-20-42(36)50-44/h13-20,25-34H,1-12H3. The van der Waals surface area contributed by atoms with Crippen molar-refractivity contribution >= 4 is 102 Å². The lowest BCUT2D eigenvalue weighted by Gasteiger charge is -2.38. The van der Waals surface area contributed by atoms with E-state index in [1.54, 1.807) is 0 Å². The van der Waals surface area contributed by atoms with E-state index in [2.05, 4.69) is 179 Å². The third-order valence-electron chi connectivity index (χ3n) is 12.3. The van der Waals surface area contributed by atoms with Crippen LogP contribution >= 0.6 is 45.3 Å². The normalized spacial score (nSPS) is 12.8. The van der Waals surface area contributed by atoms with Crippen molar-refractivity contribution in [2.45, 2.75) is 116 Å². The van der Waals surface area contributed by atoms with Crippen molar-refractivity contribution in [3.63, 3.8) is 0 Å². The van der Waals surface area contributed by atoms with Gasteiger partial charge < -0.3 is 0 Å². The SMILES string of the molecule is CC(C)[Si](C#Cc1c2cc(-c3cc4ccccc4s3)sc2c(C#C[Si](C(C)C)(C(C)C)C(C)C)c2cc(-c3cc4ccccc4s3)sc12)(C(C)C)C(C)C. The Hall–Kier alpha value is -2.95. The van der Waals surface area contributed by atoms with E-state index >= 15 is 0 Å². The second kappa shape index (κ2) is 15.2. The van der Waals surface area contributed by atoms with Gasteiger partial charge in [0.25, 0.3) is 0 Å². The Morgan fingerprint density at radius 3 is 1.04 bits per heavy atom. The van der Waals surface area contributed by atoms with Crippen LogP contribution in [0.25, 0.3) is 59.9 Å². The Bertz CT molecular complexity index is 2270. The highest BCUT2D eigenvalue weighted by molar-refractivity contribution is 7.30. The Labute approximate surface area is 342 Å². The average molecular weight is 815 g/mol. The third-order valence-corrected chi connectivity index (χ3v) is 29.8. The number of benzene rings is 3. The van der Waals surface area contributed by atoms with Crippen molar-refractivity contribution in [1.29, 1.82) is 0 Å². The zero-order chi connectivity index (χ0) is 38.7. The Kier molecular flexibility index (Phi) is 11.1. The maximum Gasteiger partial charge on any atom is 0.146 e. The molecular formula is C48H54S4Si2. The largest absolute Gasteiger partial charge is 0.146 e. The van der Waals surface area contributed by atoms with Gasteiger partial charge in [0, 0.05) is 39.7 Å². The fraction of sp³-hybridized carbons (Fsp3) is 0.375. The molecule has 3 aromatic carbocycles. The van der Waals surface area contributed by atoms with E-state index < -0.39 is 16.1 Å². The molecule has 54 heavy (non-hydrogen) atoms. The van der Waals surface area contributed by atoms with Crippen LogP contribution in [-0.2, 0) is 0 Å². The second-order valence-electron chi connectivity index (χ2n) is 17.0. The molecule has 7 aromatic rings. The first-order chi connectivity index (χ1) is 25.7. The Morgan fingerprint density at radius 2 is 0.722 bits per heavy atom. The summed E-state index contributed by atoms with van der Waals surface area (Å²) in [4.78, 5) is 5.30. The molecule has 0 aliphatic carbocycles. The van der Waals surface area contributed by atoms with E-state index in [-0.39, 0.29) is 0 Å². The molecular weight excluding hydrogens is 761 g/mol. The third kappa shape index (κ3) is 6.60. The average Bonchev–Trinajstić information content (AvgIpc) is 3.92. The summed E-state index contributed by atoms with van der Waals surface area (Å²) < 4.78 is 5.28. The van der Waals surface area contributed by atoms with E-state index in [0.29, 0.717) is 33.2 Å². The van der Waals surface area contributed by atoms with Gasteiger partial charge in [0.05, 0.1) is 20.5 Å². The molecule has 0 atom stereocenters. The van der Waals surface area contributed by atoms with Crippen LogP contribution in [0.5, 0.6) is 0 Å². The number of fused-ring (bicyclic) bond motifs is 4. The summed E-state index contributed by atoms with van der Waals surface area (Å²) in [6.07, 6.45) is 0. The molecule has 0 saturated heterocycles. The summed E-state index contributed by atoms with van der Waals surface area (Å²) in [5.74, 6) is 8.10. The zero-order valence-electron chi connectivity index (χ0n) is 34.0. The van der Waals surface area contributed by atoms with Gasteiger partial charge in [0.1, 0.15) is 16.1 Å². The van der Waals surface area contributed by atoms with Gasteiger partial charge in [0.2, 0.25) is 0 Å². The van der Waals surface area contributed by atoms with Crippen molar-refractivity contribution < 1.29 is 0 Å². The summed E-state index contributed by atoms with van der Waals surface area (Å²) in [6, 6.07) is 27.3. The quantitative estimate of drug-likeness (QED) is 0.106. The van der Waals surface area contributed by atoms with Crippen molar-refractivity contribution in [2.75, 3.05) is 0 Å². The Morgan fingerprint density at radius 1 is 0.407 bits per heavy atom. The molecule has 0 N–H and O–H groups in total. The van der Waals surface area contributed by atoms with Gasteiger partial charge in [0.15, 0.2) is 0 Å². The van der Waals surface area contributed by atoms with E-state index in [9.17, 15) is 0 Å². The fourth-order valence-electron chi connectivity index (χ4n) is 9.67. The fourth-order valence-corrected chi connectivity index (χ4v) is 24.7. The van der Waals surface area contributed by atoms with Crippen LogP contribution in [0.3, 0.4) is 0 Å². The molecule has 0 saturated carbocycles. The molecule has 0 spiro atoms. The number of rotatable bonds is 8. The van der Waals surface area contributed by atoms with E-state index in [1.165, 1.54) is 71.0 Å². The van der Waals surface area contributed by atoms with Crippen LogP contribution in [0.2, 0.25) is 33.2 Å². The monoisotopic (exact) mass is 814 g/mol. The Balaban J connectivity index is 1.60.